The van der Waals surface area contributed by atoms with Crippen molar-refractivity contribution < 1.29 is 24.2 Å². The van der Waals surface area contributed by atoms with Crippen LogP contribution in [0.1, 0.15) is 28.7 Å². The molecule has 0 aromatic heterocycles. The Morgan fingerprint density at radius 2 is 1.45 bits per heavy atom. The largest absolute Gasteiger partial charge is 0.506 e. The van der Waals surface area contributed by atoms with Crippen LogP contribution in [0, 0.1) is 13.8 Å². The maximum absolute atomic E-state index is 12.4. The average molecular weight is 540 g/mol. The van der Waals surface area contributed by atoms with Gasteiger partial charge in [0.25, 0.3) is 0 Å². The van der Waals surface area contributed by atoms with E-state index >= 15 is 0 Å². The van der Waals surface area contributed by atoms with E-state index in [1.54, 1.807) is 24.3 Å². The van der Waals surface area contributed by atoms with Gasteiger partial charge in [-0.05, 0) is 73.2 Å². The summed E-state index contributed by atoms with van der Waals surface area (Å²) in [5.41, 5.74) is 4.50. The number of phenolic OH excluding ortho intramolecular Hbond substituents is 1. The Balaban J connectivity index is 1.31. The van der Waals surface area contributed by atoms with Crippen LogP contribution in [-0.4, -0.2) is 23.8 Å². The molecule has 0 aliphatic rings. The number of urea groups is 1. The average Bonchev–Trinajstić information content (AvgIpc) is 2.95. The Hall–Kier alpha value is -4.98. The van der Waals surface area contributed by atoms with E-state index in [2.05, 4.69) is 28.1 Å². The van der Waals surface area contributed by atoms with Crippen LogP contribution in [0.3, 0.4) is 0 Å². The molecule has 8 heteroatoms. The molecule has 0 bridgehead atoms. The van der Waals surface area contributed by atoms with Crippen LogP contribution in [0.4, 0.5) is 21.0 Å². The Bertz CT molecular complexity index is 1420. The minimum atomic E-state index is -0.552. The fourth-order valence-corrected chi connectivity index (χ4v) is 4.16. The molecule has 4 aromatic rings. The van der Waals surface area contributed by atoms with Gasteiger partial charge in [0.2, 0.25) is 0 Å². The third kappa shape index (κ3) is 8.26. The van der Waals surface area contributed by atoms with Gasteiger partial charge in [0.1, 0.15) is 23.9 Å². The first-order valence-electron chi connectivity index (χ1n) is 13.1. The predicted molar refractivity (Wildman–Crippen MR) is 156 cm³/mol. The van der Waals surface area contributed by atoms with Crippen LogP contribution in [0.5, 0.6) is 17.2 Å². The van der Waals surface area contributed by atoms with Gasteiger partial charge in [0.05, 0.1) is 5.69 Å². The summed E-state index contributed by atoms with van der Waals surface area (Å²) in [6, 6.07) is 27.3. The van der Waals surface area contributed by atoms with E-state index < -0.39 is 12.1 Å². The van der Waals surface area contributed by atoms with Gasteiger partial charge >= 0.3 is 12.1 Å². The fraction of sp³-hybridized carbons (Fsp3) is 0.188. The topological polar surface area (TPSA) is 109 Å². The number of benzene rings is 4. The van der Waals surface area contributed by atoms with E-state index in [0.29, 0.717) is 23.7 Å². The van der Waals surface area contributed by atoms with Gasteiger partial charge in [-0.1, -0.05) is 60.7 Å². The van der Waals surface area contributed by atoms with Crippen molar-refractivity contribution >= 4 is 23.5 Å². The molecule has 40 heavy (non-hydrogen) atoms. The zero-order chi connectivity index (χ0) is 28.3. The lowest BCUT2D eigenvalue weighted by Gasteiger charge is -2.16. The number of anilines is 2. The molecule has 4 aromatic carbocycles. The lowest BCUT2D eigenvalue weighted by molar-refractivity contribution is 0.155. The maximum atomic E-state index is 12.4. The number of phenols is 1. The van der Waals surface area contributed by atoms with Gasteiger partial charge < -0.3 is 25.2 Å². The molecule has 0 saturated carbocycles. The molecule has 4 N–H and O–H groups in total. The van der Waals surface area contributed by atoms with Gasteiger partial charge in [0.15, 0.2) is 0 Å². The Morgan fingerprint density at radius 1 is 0.800 bits per heavy atom. The molecular weight excluding hydrogens is 506 g/mol. The van der Waals surface area contributed by atoms with E-state index in [4.69, 9.17) is 9.47 Å². The van der Waals surface area contributed by atoms with Gasteiger partial charge in [-0.3, -0.25) is 5.32 Å². The number of hydrogen-bond donors (Lipinski definition) is 4. The minimum Gasteiger partial charge on any atom is -0.506 e. The van der Waals surface area contributed by atoms with Gasteiger partial charge in [0, 0.05) is 18.3 Å². The summed E-state index contributed by atoms with van der Waals surface area (Å²) < 4.78 is 11.4. The third-order valence-corrected chi connectivity index (χ3v) is 6.13. The van der Waals surface area contributed by atoms with E-state index in [1.165, 1.54) is 11.6 Å². The summed E-state index contributed by atoms with van der Waals surface area (Å²) in [4.78, 5) is 24.6. The fourth-order valence-electron chi connectivity index (χ4n) is 4.16. The molecular formula is C32H33N3O5. The summed E-state index contributed by atoms with van der Waals surface area (Å²) in [6.07, 6.45) is 1.10. The highest BCUT2D eigenvalue weighted by Gasteiger charge is 2.13. The SMILES string of the molecule is Cc1cc(NC(=O)OCc2ccccc2)cc(C)c1Oc1ccc(O)c(NC(=O)NCCCc2ccccc2)c1. The van der Waals surface area contributed by atoms with Crippen molar-refractivity contribution in [3.8, 4) is 17.2 Å². The Kier molecular flexibility index (Phi) is 9.61. The monoisotopic (exact) mass is 539 g/mol. The van der Waals surface area contributed by atoms with E-state index in [9.17, 15) is 14.7 Å². The quantitative estimate of drug-likeness (QED) is 0.125. The van der Waals surface area contributed by atoms with Crippen molar-refractivity contribution in [3.05, 3.63) is 113 Å². The third-order valence-electron chi connectivity index (χ3n) is 6.13. The van der Waals surface area contributed by atoms with Crippen molar-refractivity contribution in [1.29, 1.82) is 0 Å². The van der Waals surface area contributed by atoms with Crippen LogP contribution in [0.2, 0.25) is 0 Å². The Labute approximate surface area is 234 Å². The molecule has 0 radical (unpaired) electrons. The zero-order valence-electron chi connectivity index (χ0n) is 22.6. The van der Waals surface area contributed by atoms with Crippen LogP contribution >= 0.6 is 0 Å². The number of carbonyl (C=O) groups is 2. The highest BCUT2D eigenvalue weighted by molar-refractivity contribution is 5.91. The number of amides is 3. The van der Waals surface area contributed by atoms with E-state index in [1.807, 2.05) is 62.4 Å². The number of aromatic hydroxyl groups is 1. The second-order valence-electron chi connectivity index (χ2n) is 9.38. The summed E-state index contributed by atoms with van der Waals surface area (Å²) >= 11 is 0. The molecule has 8 nitrogen and oxygen atoms in total. The number of ether oxygens (including phenoxy) is 2. The first-order chi connectivity index (χ1) is 19.4. The zero-order valence-corrected chi connectivity index (χ0v) is 22.6. The Morgan fingerprint density at radius 3 is 2.12 bits per heavy atom. The molecule has 0 unspecified atom stereocenters. The van der Waals surface area contributed by atoms with Crippen LogP contribution < -0.4 is 20.7 Å². The molecule has 0 atom stereocenters. The molecule has 3 amide bonds. The first-order valence-corrected chi connectivity index (χ1v) is 13.1. The molecule has 0 aliphatic heterocycles. The molecule has 4 rings (SSSR count). The van der Waals surface area contributed by atoms with Crippen molar-refractivity contribution in [3.63, 3.8) is 0 Å². The highest BCUT2D eigenvalue weighted by atomic mass is 16.5. The number of aryl methyl sites for hydroxylation is 3. The molecule has 0 aliphatic carbocycles. The van der Waals surface area contributed by atoms with Crippen LogP contribution in [0.15, 0.2) is 91.0 Å². The summed E-state index contributed by atoms with van der Waals surface area (Å²) in [5, 5.41) is 18.5. The van der Waals surface area contributed by atoms with Crippen molar-refractivity contribution in [1.82, 2.24) is 5.32 Å². The molecule has 0 fully saturated rings. The molecule has 0 heterocycles. The summed E-state index contributed by atoms with van der Waals surface area (Å²) in [6.45, 7) is 4.40. The van der Waals surface area contributed by atoms with Gasteiger partial charge in [-0.25, -0.2) is 9.59 Å². The normalized spacial score (nSPS) is 10.4. The molecule has 0 saturated heterocycles. The highest BCUT2D eigenvalue weighted by Crippen LogP contribution is 2.35. The van der Waals surface area contributed by atoms with Crippen LogP contribution in [0.25, 0.3) is 0 Å². The lowest BCUT2D eigenvalue weighted by Crippen LogP contribution is -2.29. The number of carbonyl (C=O) groups excluding carboxylic acids is 2. The number of hydrogen-bond acceptors (Lipinski definition) is 5. The smallest absolute Gasteiger partial charge is 0.411 e. The first kappa shape index (κ1) is 28.0. The minimum absolute atomic E-state index is 0.0752. The van der Waals surface area contributed by atoms with Crippen molar-refractivity contribution in [2.24, 2.45) is 0 Å². The second kappa shape index (κ2) is 13.7. The standard InChI is InChI=1S/C32H33N3O5/c1-22-18-26(34-32(38)39-21-25-12-7-4-8-13-25)19-23(2)30(22)40-27-15-16-29(36)28(20-27)35-31(37)33-17-9-14-24-10-5-3-6-11-24/h3-8,10-13,15-16,18-20,36H,9,14,17,21H2,1-2H3,(H,34,38)(H2,33,35,37). The maximum Gasteiger partial charge on any atom is 0.411 e. The van der Waals surface area contributed by atoms with Crippen molar-refractivity contribution in [2.45, 2.75) is 33.3 Å². The van der Waals surface area contributed by atoms with E-state index in [0.717, 1.165) is 29.5 Å². The molecule has 0 spiro atoms. The van der Waals surface area contributed by atoms with Crippen molar-refractivity contribution in [2.75, 3.05) is 17.2 Å². The van der Waals surface area contributed by atoms with Gasteiger partial charge in [-0.15, -0.1) is 0 Å². The summed E-state index contributed by atoms with van der Waals surface area (Å²) in [5.74, 6) is 0.963. The van der Waals surface area contributed by atoms with E-state index in [-0.39, 0.29) is 18.0 Å². The molecule has 206 valence electrons. The second-order valence-corrected chi connectivity index (χ2v) is 9.38. The van der Waals surface area contributed by atoms with Crippen LogP contribution in [-0.2, 0) is 17.8 Å². The van der Waals surface area contributed by atoms with Gasteiger partial charge in [-0.2, -0.15) is 0 Å². The lowest BCUT2D eigenvalue weighted by atomic mass is 10.1. The number of nitrogens with one attached hydrogen (secondary N) is 3. The summed E-state index contributed by atoms with van der Waals surface area (Å²) in [7, 11) is 0. The predicted octanol–water partition coefficient (Wildman–Crippen LogP) is 7.30. The number of rotatable bonds is 10.